The molecule has 0 bridgehead atoms. The van der Waals surface area contributed by atoms with Crippen LogP contribution in [0.1, 0.15) is 20.8 Å². The summed E-state index contributed by atoms with van der Waals surface area (Å²) in [5.74, 6) is -1.32. The van der Waals surface area contributed by atoms with E-state index in [2.05, 4.69) is 20.8 Å². The molecule has 0 radical (unpaired) electrons. The van der Waals surface area contributed by atoms with Crippen molar-refractivity contribution in [3.8, 4) is 0 Å². The normalized spacial score (nSPS) is 11.8. The number of hydrogen-bond donors (Lipinski definition) is 0. The van der Waals surface area contributed by atoms with Crippen molar-refractivity contribution < 1.29 is 8.78 Å². The summed E-state index contributed by atoms with van der Waals surface area (Å²) < 4.78 is 26.9. The summed E-state index contributed by atoms with van der Waals surface area (Å²) in [6.07, 6.45) is 0. The second-order valence-corrected chi connectivity index (χ2v) is 9.16. The summed E-state index contributed by atoms with van der Waals surface area (Å²) in [7, 11) is -1.78. The van der Waals surface area contributed by atoms with E-state index in [0.29, 0.717) is 5.19 Å². The fourth-order valence-corrected chi connectivity index (χ4v) is 5.91. The Balaban J connectivity index is 3.28. The van der Waals surface area contributed by atoms with Crippen molar-refractivity contribution in [2.45, 2.75) is 38.9 Å². The molecule has 1 aromatic rings. The van der Waals surface area contributed by atoms with Crippen LogP contribution in [0.4, 0.5) is 8.78 Å². The second-order valence-electron chi connectivity index (χ2n) is 3.94. The Bertz CT molecular complexity index is 324. The molecule has 1 rings (SSSR count). The largest absolute Gasteiger partial charge is 0.204 e. The van der Waals surface area contributed by atoms with E-state index in [0.717, 1.165) is 18.1 Å². The predicted octanol–water partition coefficient (Wildman–Crippen LogP) is 3.68. The second kappa shape index (κ2) is 4.88. The van der Waals surface area contributed by atoms with Crippen molar-refractivity contribution in [1.29, 1.82) is 0 Å². The van der Waals surface area contributed by atoms with Crippen molar-refractivity contribution in [1.82, 2.24) is 0 Å². The van der Waals surface area contributed by atoms with Gasteiger partial charge in [0.25, 0.3) is 0 Å². The molecule has 0 unspecified atom stereocenters. The van der Waals surface area contributed by atoms with Gasteiger partial charge in [-0.2, -0.15) is 0 Å². The summed E-state index contributed by atoms with van der Waals surface area (Å²) in [5.41, 5.74) is 0. The molecule has 0 atom stereocenters. The van der Waals surface area contributed by atoms with Gasteiger partial charge in [0.15, 0.2) is 11.6 Å². The van der Waals surface area contributed by atoms with Gasteiger partial charge in [0.05, 0.1) is 8.07 Å². The SMILES string of the molecule is CC[Si](CC)(CC)c1cccc(F)c1F. The summed E-state index contributed by atoms with van der Waals surface area (Å²) in [6.45, 7) is 6.26. The average molecular weight is 228 g/mol. The van der Waals surface area contributed by atoms with Gasteiger partial charge >= 0.3 is 0 Å². The molecule has 0 saturated heterocycles. The van der Waals surface area contributed by atoms with Crippen LogP contribution in [0.25, 0.3) is 0 Å². The van der Waals surface area contributed by atoms with Gasteiger partial charge < -0.3 is 0 Å². The van der Waals surface area contributed by atoms with Crippen LogP contribution in [-0.4, -0.2) is 8.07 Å². The molecular formula is C12H18F2Si. The Hall–Kier alpha value is -0.703. The highest BCUT2D eigenvalue weighted by Crippen LogP contribution is 2.22. The molecular weight excluding hydrogens is 210 g/mol. The maximum Gasteiger partial charge on any atom is 0.158 e. The molecule has 0 fully saturated rings. The van der Waals surface area contributed by atoms with E-state index in [4.69, 9.17) is 0 Å². The zero-order chi connectivity index (χ0) is 11.5. The fourth-order valence-electron chi connectivity index (χ4n) is 2.23. The Labute approximate surface area is 91.3 Å². The molecule has 0 N–H and O–H groups in total. The van der Waals surface area contributed by atoms with Gasteiger partial charge in [-0.3, -0.25) is 0 Å². The molecule has 0 nitrogen and oxygen atoms in total. The van der Waals surface area contributed by atoms with Crippen LogP contribution in [-0.2, 0) is 0 Å². The van der Waals surface area contributed by atoms with E-state index in [1.54, 1.807) is 12.1 Å². The smallest absolute Gasteiger partial charge is 0.158 e. The lowest BCUT2D eigenvalue weighted by Gasteiger charge is -2.28. The third-order valence-electron chi connectivity index (χ3n) is 3.55. The van der Waals surface area contributed by atoms with Gasteiger partial charge in [-0.1, -0.05) is 51.0 Å². The molecule has 0 aliphatic rings. The molecule has 0 spiro atoms. The van der Waals surface area contributed by atoms with Gasteiger partial charge in [0, 0.05) is 0 Å². The van der Waals surface area contributed by atoms with E-state index in [9.17, 15) is 8.78 Å². The minimum Gasteiger partial charge on any atom is -0.204 e. The monoisotopic (exact) mass is 228 g/mol. The molecule has 0 heterocycles. The zero-order valence-corrected chi connectivity index (χ0v) is 10.6. The van der Waals surface area contributed by atoms with E-state index in [-0.39, 0.29) is 0 Å². The number of rotatable bonds is 4. The zero-order valence-electron chi connectivity index (χ0n) is 9.61. The first-order valence-electron chi connectivity index (χ1n) is 5.55. The van der Waals surface area contributed by atoms with E-state index < -0.39 is 19.7 Å². The van der Waals surface area contributed by atoms with Crippen LogP contribution in [0.3, 0.4) is 0 Å². The first kappa shape index (κ1) is 12.4. The Kier molecular flexibility index (Phi) is 4.02. The maximum absolute atomic E-state index is 13.7. The highest BCUT2D eigenvalue weighted by molar-refractivity contribution is 6.91. The van der Waals surface area contributed by atoms with Crippen LogP contribution >= 0.6 is 0 Å². The van der Waals surface area contributed by atoms with Gasteiger partial charge in [-0.05, 0) is 11.3 Å². The van der Waals surface area contributed by atoms with Crippen LogP contribution in [0.5, 0.6) is 0 Å². The summed E-state index contributed by atoms with van der Waals surface area (Å²) in [5, 5.41) is 0.662. The Morgan fingerprint density at radius 1 is 1.00 bits per heavy atom. The summed E-state index contributed by atoms with van der Waals surface area (Å²) in [6, 6.07) is 7.50. The van der Waals surface area contributed by atoms with Crippen molar-refractivity contribution >= 4 is 13.3 Å². The van der Waals surface area contributed by atoms with Gasteiger partial charge in [-0.15, -0.1) is 0 Å². The number of benzene rings is 1. The topological polar surface area (TPSA) is 0 Å². The van der Waals surface area contributed by atoms with Crippen molar-refractivity contribution in [3.05, 3.63) is 29.8 Å². The van der Waals surface area contributed by atoms with Crippen LogP contribution in [0, 0.1) is 11.6 Å². The predicted molar refractivity (Wildman–Crippen MR) is 63.2 cm³/mol. The fraction of sp³-hybridized carbons (Fsp3) is 0.500. The first-order valence-corrected chi connectivity index (χ1v) is 8.18. The summed E-state index contributed by atoms with van der Waals surface area (Å²) in [4.78, 5) is 0. The molecule has 0 aliphatic carbocycles. The molecule has 3 heteroatoms. The van der Waals surface area contributed by atoms with Gasteiger partial charge in [0.2, 0.25) is 0 Å². The van der Waals surface area contributed by atoms with Crippen molar-refractivity contribution in [2.75, 3.05) is 0 Å². The van der Waals surface area contributed by atoms with Crippen LogP contribution in [0.2, 0.25) is 18.1 Å². The molecule has 0 aromatic heterocycles. The van der Waals surface area contributed by atoms with E-state index in [1.165, 1.54) is 6.07 Å². The minimum atomic E-state index is -1.78. The van der Waals surface area contributed by atoms with Crippen molar-refractivity contribution in [3.63, 3.8) is 0 Å². The number of halogens is 2. The Morgan fingerprint density at radius 3 is 2.00 bits per heavy atom. The van der Waals surface area contributed by atoms with Crippen LogP contribution < -0.4 is 5.19 Å². The standard InChI is InChI=1S/C12H18F2Si/c1-4-15(5-2,6-3)11-9-7-8-10(13)12(11)14/h7-9H,4-6H2,1-3H3. The van der Waals surface area contributed by atoms with E-state index >= 15 is 0 Å². The molecule has 0 aliphatic heterocycles. The van der Waals surface area contributed by atoms with Gasteiger partial charge in [-0.25, -0.2) is 8.78 Å². The molecule has 84 valence electrons. The average Bonchev–Trinajstić information content (AvgIpc) is 2.27. The third kappa shape index (κ3) is 2.12. The lowest BCUT2D eigenvalue weighted by molar-refractivity contribution is 0.513. The highest BCUT2D eigenvalue weighted by Gasteiger charge is 2.32. The lowest BCUT2D eigenvalue weighted by Crippen LogP contribution is -2.47. The maximum atomic E-state index is 13.7. The third-order valence-corrected chi connectivity index (χ3v) is 9.14. The molecule has 0 saturated carbocycles. The quantitative estimate of drug-likeness (QED) is 0.690. The highest BCUT2D eigenvalue weighted by atomic mass is 28.3. The molecule has 1 aromatic carbocycles. The van der Waals surface area contributed by atoms with E-state index in [1.807, 2.05) is 0 Å². The number of hydrogen-bond acceptors (Lipinski definition) is 0. The van der Waals surface area contributed by atoms with Gasteiger partial charge in [0.1, 0.15) is 0 Å². The molecule has 0 amide bonds. The Morgan fingerprint density at radius 2 is 1.53 bits per heavy atom. The summed E-state index contributed by atoms with van der Waals surface area (Å²) >= 11 is 0. The van der Waals surface area contributed by atoms with Crippen LogP contribution in [0.15, 0.2) is 18.2 Å². The lowest BCUT2D eigenvalue weighted by atomic mass is 10.3. The van der Waals surface area contributed by atoms with Crippen molar-refractivity contribution in [2.24, 2.45) is 0 Å². The minimum absolute atomic E-state index is 0.616. The first-order chi connectivity index (χ1) is 7.11. The molecule has 15 heavy (non-hydrogen) atoms.